The molecule has 4 rings (SSSR count). The summed E-state index contributed by atoms with van der Waals surface area (Å²) in [7, 11) is 0. The highest BCUT2D eigenvalue weighted by Crippen LogP contribution is 2.35. The Morgan fingerprint density at radius 2 is 1.27 bits per heavy atom. The van der Waals surface area contributed by atoms with Crippen LogP contribution in [0.3, 0.4) is 0 Å². The molecule has 2 aromatic rings. The first-order chi connectivity index (χ1) is 14.6. The summed E-state index contributed by atoms with van der Waals surface area (Å²) in [6.45, 7) is 0. The summed E-state index contributed by atoms with van der Waals surface area (Å²) in [5.74, 6) is -0.246. The van der Waals surface area contributed by atoms with Gasteiger partial charge in [-0.1, -0.05) is 56.7 Å². The van der Waals surface area contributed by atoms with Crippen molar-refractivity contribution in [1.29, 1.82) is 0 Å². The van der Waals surface area contributed by atoms with Crippen LogP contribution in [0, 0.1) is 0 Å². The first-order valence-electron chi connectivity index (χ1n) is 11.4. The van der Waals surface area contributed by atoms with E-state index in [2.05, 4.69) is 17.4 Å². The topological polar surface area (TPSA) is 66.4 Å². The predicted molar refractivity (Wildman–Crippen MR) is 119 cm³/mol. The van der Waals surface area contributed by atoms with Crippen molar-refractivity contribution < 1.29 is 14.7 Å². The molecule has 2 aliphatic rings. The Balaban J connectivity index is 1.48. The molecule has 0 unspecified atom stereocenters. The third-order valence-electron chi connectivity index (χ3n) is 6.85. The maximum absolute atomic E-state index is 12.8. The molecule has 0 heterocycles. The largest absolute Gasteiger partial charge is 0.478 e. The van der Waals surface area contributed by atoms with Crippen LogP contribution in [0.25, 0.3) is 0 Å². The zero-order chi connectivity index (χ0) is 20.9. The van der Waals surface area contributed by atoms with Crippen molar-refractivity contribution in [3.05, 3.63) is 64.7 Å². The lowest BCUT2D eigenvalue weighted by Gasteiger charge is -2.23. The third kappa shape index (κ3) is 4.75. The van der Waals surface area contributed by atoms with Gasteiger partial charge in [-0.2, -0.15) is 0 Å². The number of hydrogen-bond acceptors (Lipinski definition) is 2. The zero-order valence-electron chi connectivity index (χ0n) is 17.5. The Hall–Kier alpha value is -2.62. The average molecular weight is 406 g/mol. The molecule has 0 spiro atoms. The maximum atomic E-state index is 12.8. The number of carbonyl (C=O) groups is 2. The van der Waals surface area contributed by atoms with Crippen molar-refractivity contribution in [1.82, 2.24) is 0 Å². The molecule has 2 aliphatic carbocycles. The van der Waals surface area contributed by atoms with Crippen LogP contribution in [-0.2, 0) is 0 Å². The molecule has 4 heteroatoms. The second-order valence-electron chi connectivity index (χ2n) is 8.86. The molecule has 0 radical (unpaired) electrons. The van der Waals surface area contributed by atoms with Crippen LogP contribution in [0.4, 0.5) is 5.69 Å². The van der Waals surface area contributed by atoms with Crippen LogP contribution in [0.1, 0.15) is 108 Å². The fraction of sp³-hybridized carbons (Fsp3) is 0.462. The lowest BCUT2D eigenvalue weighted by atomic mass is 9.83. The minimum atomic E-state index is -1.00. The third-order valence-corrected chi connectivity index (χ3v) is 6.85. The van der Waals surface area contributed by atoms with E-state index in [1.165, 1.54) is 56.9 Å². The fourth-order valence-electron chi connectivity index (χ4n) is 5.07. The van der Waals surface area contributed by atoms with E-state index in [0.29, 0.717) is 23.1 Å². The van der Waals surface area contributed by atoms with E-state index in [1.807, 2.05) is 18.2 Å². The molecule has 30 heavy (non-hydrogen) atoms. The maximum Gasteiger partial charge on any atom is 0.337 e. The molecule has 2 N–H and O–H groups in total. The predicted octanol–water partition coefficient (Wildman–Crippen LogP) is 6.73. The number of nitrogens with one attached hydrogen (secondary N) is 1. The second-order valence-corrected chi connectivity index (χ2v) is 8.86. The number of carbonyl (C=O) groups excluding carboxylic acids is 1. The van der Waals surface area contributed by atoms with Gasteiger partial charge in [-0.15, -0.1) is 0 Å². The van der Waals surface area contributed by atoms with Crippen molar-refractivity contribution in [3.63, 3.8) is 0 Å². The number of anilines is 1. The molecule has 2 aromatic carbocycles. The molecule has 2 saturated carbocycles. The van der Waals surface area contributed by atoms with Crippen molar-refractivity contribution in [2.45, 2.75) is 76.0 Å². The van der Waals surface area contributed by atoms with E-state index >= 15 is 0 Å². The molecular weight excluding hydrogens is 374 g/mol. The molecule has 158 valence electrons. The van der Waals surface area contributed by atoms with E-state index in [-0.39, 0.29) is 11.5 Å². The van der Waals surface area contributed by atoms with Gasteiger partial charge in [0.05, 0.1) is 11.3 Å². The zero-order valence-corrected chi connectivity index (χ0v) is 17.5. The highest BCUT2D eigenvalue weighted by Gasteiger charge is 2.20. The molecule has 0 aromatic heterocycles. The Labute approximate surface area is 178 Å². The molecular formula is C26H31NO3. The first kappa shape index (κ1) is 20.6. The summed E-state index contributed by atoms with van der Waals surface area (Å²) >= 11 is 0. The lowest BCUT2D eigenvalue weighted by molar-refractivity contribution is 0.0698. The second kappa shape index (κ2) is 9.46. The first-order valence-corrected chi connectivity index (χ1v) is 11.4. The molecule has 2 fully saturated rings. The number of amides is 1. The number of rotatable bonds is 5. The van der Waals surface area contributed by atoms with Crippen molar-refractivity contribution in [3.8, 4) is 0 Å². The van der Waals surface area contributed by atoms with Crippen LogP contribution in [0.15, 0.2) is 42.5 Å². The van der Waals surface area contributed by atoms with Gasteiger partial charge in [-0.3, -0.25) is 4.79 Å². The van der Waals surface area contributed by atoms with E-state index in [1.54, 1.807) is 12.1 Å². The van der Waals surface area contributed by atoms with Gasteiger partial charge >= 0.3 is 5.97 Å². The number of hydrogen-bond donors (Lipinski definition) is 2. The number of benzene rings is 2. The highest BCUT2D eigenvalue weighted by molar-refractivity contribution is 6.07. The summed E-state index contributed by atoms with van der Waals surface area (Å²) < 4.78 is 0. The highest BCUT2D eigenvalue weighted by atomic mass is 16.4. The summed E-state index contributed by atoms with van der Waals surface area (Å²) in [5.41, 5.74) is 3.46. The van der Waals surface area contributed by atoms with Crippen molar-refractivity contribution in [2.75, 3.05) is 5.32 Å². The van der Waals surface area contributed by atoms with Gasteiger partial charge in [0.2, 0.25) is 0 Å². The Morgan fingerprint density at radius 3 is 1.83 bits per heavy atom. The number of carboxylic acid groups (broad SMARTS) is 1. The van der Waals surface area contributed by atoms with Crippen molar-refractivity contribution in [2.24, 2.45) is 0 Å². The van der Waals surface area contributed by atoms with Crippen LogP contribution in [-0.4, -0.2) is 17.0 Å². The van der Waals surface area contributed by atoms with E-state index in [9.17, 15) is 14.7 Å². The monoisotopic (exact) mass is 405 g/mol. The van der Waals surface area contributed by atoms with Gasteiger partial charge < -0.3 is 10.4 Å². The molecule has 4 nitrogen and oxygen atoms in total. The molecule has 0 bridgehead atoms. The van der Waals surface area contributed by atoms with E-state index < -0.39 is 5.97 Å². The Bertz CT molecular complexity index is 891. The van der Waals surface area contributed by atoms with Crippen LogP contribution < -0.4 is 5.32 Å². The minimum Gasteiger partial charge on any atom is -0.478 e. The quantitative estimate of drug-likeness (QED) is 0.579. The SMILES string of the molecule is O=C(Nc1ccc(C2CCCCC2)cc1C(=O)O)c1ccc(C2CCCCC2)cc1. The molecule has 0 aliphatic heterocycles. The summed E-state index contributed by atoms with van der Waals surface area (Å²) in [5, 5.41) is 12.5. The van der Waals surface area contributed by atoms with Crippen molar-refractivity contribution >= 4 is 17.6 Å². The molecule has 0 saturated heterocycles. The average Bonchev–Trinajstić information content (AvgIpc) is 2.80. The molecule has 1 amide bonds. The fourth-order valence-corrected chi connectivity index (χ4v) is 5.07. The Kier molecular flexibility index (Phi) is 6.51. The number of aromatic carboxylic acids is 1. The molecule has 0 atom stereocenters. The van der Waals surface area contributed by atoms with Crippen LogP contribution in [0.5, 0.6) is 0 Å². The summed E-state index contributed by atoms with van der Waals surface area (Å²) in [6.07, 6.45) is 12.2. The van der Waals surface area contributed by atoms with E-state index in [0.717, 1.165) is 18.4 Å². The number of carboxylic acids is 1. The van der Waals surface area contributed by atoms with Gasteiger partial charge in [0, 0.05) is 5.56 Å². The minimum absolute atomic E-state index is 0.172. The van der Waals surface area contributed by atoms with Gasteiger partial charge in [0.15, 0.2) is 0 Å². The summed E-state index contributed by atoms with van der Waals surface area (Å²) in [6, 6.07) is 13.3. The van der Waals surface area contributed by atoms with Gasteiger partial charge in [-0.25, -0.2) is 4.79 Å². The Morgan fingerprint density at radius 1 is 0.733 bits per heavy atom. The van der Waals surface area contributed by atoms with E-state index in [4.69, 9.17) is 0 Å². The van der Waals surface area contributed by atoms with Gasteiger partial charge in [-0.05, 0) is 72.9 Å². The van der Waals surface area contributed by atoms with Crippen LogP contribution >= 0.6 is 0 Å². The smallest absolute Gasteiger partial charge is 0.337 e. The van der Waals surface area contributed by atoms with Gasteiger partial charge in [0.1, 0.15) is 0 Å². The summed E-state index contributed by atoms with van der Waals surface area (Å²) in [4.78, 5) is 24.6. The standard InChI is InChI=1S/C26H31NO3/c28-25(21-13-11-20(12-14-21)18-7-3-1-4-8-18)27-24-16-15-22(17-23(24)26(29)30)19-9-5-2-6-10-19/h11-19H,1-10H2,(H,27,28)(H,29,30). The normalized spacial score (nSPS) is 18.1. The van der Waals surface area contributed by atoms with Crippen LogP contribution in [0.2, 0.25) is 0 Å². The van der Waals surface area contributed by atoms with Gasteiger partial charge in [0.25, 0.3) is 5.91 Å². The lowest BCUT2D eigenvalue weighted by Crippen LogP contribution is -2.16.